The van der Waals surface area contributed by atoms with Gasteiger partial charge in [0.05, 0.1) is 24.0 Å². The number of nitrogens with zero attached hydrogens (tertiary/aromatic N) is 7. The van der Waals surface area contributed by atoms with Crippen molar-refractivity contribution in [3.8, 4) is 0 Å². The van der Waals surface area contributed by atoms with E-state index < -0.39 is 6.10 Å². The van der Waals surface area contributed by atoms with E-state index in [9.17, 15) is 5.11 Å². The van der Waals surface area contributed by atoms with Gasteiger partial charge in [0.2, 0.25) is 0 Å². The molecule has 1 saturated heterocycles. The molecule has 2 atom stereocenters. The highest BCUT2D eigenvalue weighted by atomic mass is 16.3. The Bertz CT molecular complexity index is 1220. The van der Waals surface area contributed by atoms with Crippen molar-refractivity contribution in [2.75, 3.05) is 42.5 Å². The minimum absolute atomic E-state index is 0.507. The molecule has 0 bridgehead atoms. The van der Waals surface area contributed by atoms with E-state index in [1.165, 1.54) is 24.9 Å². The minimum atomic E-state index is -0.507. The first kappa shape index (κ1) is 23.1. The fourth-order valence-corrected chi connectivity index (χ4v) is 5.69. The zero-order valence-corrected chi connectivity index (χ0v) is 21.0. The van der Waals surface area contributed by atoms with Crippen molar-refractivity contribution in [1.82, 2.24) is 25.0 Å². The molecule has 0 amide bonds. The lowest BCUT2D eigenvalue weighted by molar-refractivity contribution is 0.175. The maximum atomic E-state index is 10.4. The molecular formula is C27H34N8O. The summed E-state index contributed by atoms with van der Waals surface area (Å²) in [5.41, 5.74) is 8.72. The second-order valence-corrected chi connectivity index (χ2v) is 10.3. The summed E-state index contributed by atoms with van der Waals surface area (Å²) in [4.78, 5) is 18.5. The number of hydrogen-bond acceptors (Lipinski definition) is 9. The van der Waals surface area contributed by atoms with Gasteiger partial charge < -0.3 is 20.3 Å². The molecule has 2 aliphatic heterocycles. The summed E-state index contributed by atoms with van der Waals surface area (Å²) in [6.45, 7) is 2.79. The van der Waals surface area contributed by atoms with Crippen molar-refractivity contribution < 1.29 is 5.11 Å². The largest absolute Gasteiger partial charge is 0.387 e. The molecule has 2 aromatic heterocycles. The number of aromatic nitrogens is 3. The van der Waals surface area contributed by atoms with Crippen LogP contribution in [0.25, 0.3) is 0 Å². The SMILES string of the molecule is CN(C)CC1CCCCN1c1ccc(NN2Cc3cncnc3N2c2ccc3c(n2)C(O)CC3)cc1. The number of likely N-dealkylation sites (N-methyl/N-ethyl adjacent to an activating group) is 1. The Morgan fingerprint density at radius 1 is 1.06 bits per heavy atom. The van der Waals surface area contributed by atoms with Crippen molar-refractivity contribution in [3.05, 3.63) is 65.7 Å². The molecule has 6 rings (SSSR count). The van der Waals surface area contributed by atoms with Gasteiger partial charge in [-0.25, -0.2) is 20.0 Å². The van der Waals surface area contributed by atoms with Crippen LogP contribution in [-0.4, -0.2) is 63.3 Å². The van der Waals surface area contributed by atoms with Gasteiger partial charge in [0.1, 0.15) is 6.33 Å². The number of hydrogen-bond donors (Lipinski definition) is 2. The summed E-state index contributed by atoms with van der Waals surface area (Å²) in [7, 11) is 4.31. The topological polar surface area (TPSA) is 83.9 Å². The van der Waals surface area contributed by atoms with Gasteiger partial charge in [0, 0.05) is 36.6 Å². The van der Waals surface area contributed by atoms with E-state index in [1.807, 2.05) is 22.4 Å². The van der Waals surface area contributed by atoms with Crippen molar-refractivity contribution in [3.63, 3.8) is 0 Å². The lowest BCUT2D eigenvalue weighted by atomic mass is 10.0. The maximum Gasteiger partial charge on any atom is 0.158 e. The van der Waals surface area contributed by atoms with E-state index >= 15 is 0 Å². The predicted molar refractivity (Wildman–Crippen MR) is 141 cm³/mol. The normalized spacial score (nSPS) is 21.7. The number of anilines is 4. The summed E-state index contributed by atoms with van der Waals surface area (Å²) >= 11 is 0. The van der Waals surface area contributed by atoms with Crippen molar-refractivity contribution in [1.29, 1.82) is 0 Å². The van der Waals surface area contributed by atoms with Crippen LogP contribution < -0.4 is 15.3 Å². The van der Waals surface area contributed by atoms with Gasteiger partial charge in [0.15, 0.2) is 11.6 Å². The zero-order chi connectivity index (χ0) is 24.6. The smallest absolute Gasteiger partial charge is 0.158 e. The highest BCUT2D eigenvalue weighted by Crippen LogP contribution is 2.38. The van der Waals surface area contributed by atoms with Crippen molar-refractivity contribution in [2.24, 2.45) is 0 Å². The fourth-order valence-electron chi connectivity index (χ4n) is 5.69. The quantitative estimate of drug-likeness (QED) is 0.542. The molecule has 2 unspecified atom stereocenters. The van der Waals surface area contributed by atoms with Crippen LogP contribution in [0.1, 0.15) is 48.6 Å². The van der Waals surface area contributed by atoms with E-state index in [0.29, 0.717) is 12.6 Å². The molecule has 1 aliphatic carbocycles. The van der Waals surface area contributed by atoms with Crippen LogP contribution in [0.3, 0.4) is 0 Å². The summed E-state index contributed by atoms with van der Waals surface area (Å²) < 4.78 is 0. The van der Waals surface area contributed by atoms with E-state index in [-0.39, 0.29) is 0 Å². The van der Waals surface area contributed by atoms with Crippen LogP contribution in [0.4, 0.5) is 23.0 Å². The first-order chi connectivity index (χ1) is 17.6. The molecule has 3 aromatic rings. The maximum absolute atomic E-state index is 10.4. The second kappa shape index (κ2) is 9.65. The number of pyridine rings is 1. The van der Waals surface area contributed by atoms with Gasteiger partial charge >= 0.3 is 0 Å². The van der Waals surface area contributed by atoms with Crippen molar-refractivity contribution in [2.45, 2.75) is 50.8 Å². The molecule has 3 aliphatic rings. The minimum Gasteiger partial charge on any atom is -0.387 e. The monoisotopic (exact) mass is 486 g/mol. The highest BCUT2D eigenvalue weighted by molar-refractivity contribution is 5.63. The molecule has 36 heavy (non-hydrogen) atoms. The van der Waals surface area contributed by atoms with Crippen LogP contribution >= 0.6 is 0 Å². The predicted octanol–water partition coefficient (Wildman–Crippen LogP) is 3.67. The number of nitrogens with one attached hydrogen (secondary N) is 1. The van der Waals surface area contributed by atoms with Crippen molar-refractivity contribution >= 4 is 23.0 Å². The second-order valence-electron chi connectivity index (χ2n) is 10.3. The number of fused-ring (bicyclic) bond motifs is 2. The Kier molecular flexibility index (Phi) is 6.20. The molecule has 0 radical (unpaired) electrons. The number of rotatable bonds is 6. The standard InChI is InChI=1S/C27H34N8O/c1-32(2)17-23-5-3-4-14-33(23)22-10-8-21(9-11-22)31-34-16-20-15-28-18-29-27(20)35(34)25-13-7-19-6-12-24(36)26(19)30-25/h7-11,13,15,18,23-24,31,36H,3-6,12,14,16-17H2,1-2H3. The number of aryl methyl sites for hydroxylation is 1. The summed E-state index contributed by atoms with van der Waals surface area (Å²) in [5.74, 6) is 1.53. The molecule has 9 heteroatoms. The van der Waals surface area contributed by atoms with Gasteiger partial charge in [-0.2, -0.15) is 0 Å². The Morgan fingerprint density at radius 2 is 1.92 bits per heavy atom. The number of aliphatic hydroxyl groups is 1. The van der Waals surface area contributed by atoms with E-state index in [2.05, 4.69) is 69.6 Å². The molecule has 0 spiro atoms. The first-order valence-electron chi connectivity index (χ1n) is 12.9. The molecule has 1 aromatic carbocycles. The van der Waals surface area contributed by atoms with Crippen LogP contribution in [-0.2, 0) is 13.0 Å². The molecule has 188 valence electrons. The van der Waals surface area contributed by atoms with Gasteiger partial charge in [-0.15, -0.1) is 5.12 Å². The van der Waals surface area contributed by atoms with Crippen LogP contribution in [0.5, 0.6) is 0 Å². The Balaban J connectivity index is 1.24. The van der Waals surface area contributed by atoms with Gasteiger partial charge in [0.25, 0.3) is 0 Å². The Morgan fingerprint density at radius 3 is 2.75 bits per heavy atom. The van der Waals surface area contributed by atoms with E-state index in [1.54, 1.807) is 6.33 Å². The van der Waals surface area contributed by atoms with E-state index in [0.717, 1.165) is 60.1 Å². The lowest BCUT2D eigenvalue weighted by Crippen LogP contribution is -2.45. The van der Waals surface area contributed by atoms with Gasteiger partial charge in [-0.05, 0) is 82.1 Å². The van der Waals surface area contributed by atoms with Crippen LogP contribution in [0.2, 0.25) is 0 Å². The number of piperidine rings is 1. The van der Waals surface area contributed by atoms with Crippen LogP contribution in [0.15, 0.2) is 48.9 Å². The average molecular weight is 487 g/mol. The molecule has 4 heterocycles. The molecule has 2 N–H and O–H groups in total. The Labute approximate surface area is 212 Å². The molecule has 9 nitrogen and oxygen atoms in total. The average Bonchev–Trinajstić information content (AvgIpc) is 3.44. The highest BCUT2D eigenvalue weighted by Gasteiger charge is 2.33. The summed E-state index contributed by atoms with van der Waals surface area (Å²) in [5, 5.41) is 14.4. The van der Waals surface area contributed by atoms with Crippen LogP contribution in [0, 0.1) is 0 Å². The Hall–Kier alpha value is -3.27. The lowest BCUT2D eigenvalue weighted by Gasteiger charge is -2.39. The molecule has 1 fully saturated rings. The third kappa shape index (κ3) is 4.38. The third-order valence-corrected chi connectivity index (χ3v) is 7.40. The summed E-state index contributed by atoms with van der Waals surface area (Å²) in [6, 6.07) is 13.3. The fraction of sp³-hybridized carbons (Fsp3) is 0.444. The molecular weight excluding hydrogens is 452 g/mol. The first-order valence-corrected chi connectivity index (χ1v) is 12.9. The van der Waals surface area contributed by atoms with Gasteiger partial charge in [-0.1, -0.05) is 6.07 Å². The molecule has 0 saturated carbocycles. The zero-order valence-electron chi connectivity index (χ0n) is 21.0. The summed E-state index contributed by atoms with van der Waals surface area (Å²) in [6.07, 6.45) is 8.29. The van der Waals surface area contributed by atoms with E-state index in [4.69, 9.17) is 4.98 Å². The number of hydrazine groups is 2. The third-order valence-electron chi connectivity index (χ3n) is 7.40. The van der Waals surface area contributed by atoms with Gasteiger partial charge in [-0.3, -0.25) is 0 Å². The number of benzene rings is 1. The number of aliphatic hydroxyl groups excluding tert-OH is 1.